The SMILES string of the molecule is CCCCC1CCC(C(=O)O)C(C(=O)O)C1.[OH][AlH2]. The minimum Gasteiger partial charge on any atom is -0.521 e. The average Bonchev–Trinajstić information content (AvgIpc) is 2.38. The second-order valence-electron chi connectivity index (χ2n) is 4.71. The Balaban J connectivity index is 0.00000137. The van der Waals surface area contributed by atoms with E-state index in [0.717, 1.165) is 25.7 Å². The van der Waals surface area contributed by atoms with Crippen molar-refractivity contribution in [2.24, 2.45) is 17.8 Å². The molecule has 0 aromatic heterocycles. The molecule has 0 amide bonds. The molecular formula is C12H23AlO5. The largest absolute Gasteiger partial charge is 0.521 e. The summed E-state index contributed by atoms with van der Waals surface area (Å²) in [7, 11) is 0. The first-order chi connectivity index (χ1) is 8.56. The summed E-state index contributed by atoms with van der Waals surface area (Å²) in [6, 6.07) is 0. The van der Waals surface area contributed by atoms with Gasteiger partial charge in [0.1, 0.15) is 0 Å². The number of carboxylic acids is 2. The van der Waals surface area contributed by atoms with Crippen molar-refractivity contribution < 1.29 is 24.0 Å². The summed E-state index contributed by atoms with van der Waals surface area (Å²) in [6.07, 6.45) is 5.16. The molecule has 0 bridgehead atoms. The monoisotopic (exact) mass is 274 g/mol. The van der Waals surface area contributed by atoms with Gasteiger partial charge in [0.15, 0.2) is 0 Å². The molecule has 0 aromatic carbocycles. The van der Waals surface area contributed by atoms with Crippen LogP contribution in [-0.2, 0) is 9.59 Å². The van der Waals surface area contributed by atoms with Crippen molar-refractivity contribution in [2.75, 3.05) is 0 Å². The molecule has 3 unspecified atom stereocenters. The lowest BCUT2D eigenvalue weighted by Crippen LogP contribution is -2.35. The topological polar surface area (TPSA) is 94.8 Å². The molecule has 0 radical (unpaired) electrons. The zero-order chi connectivity index (χ0) is 14.1. The maximum atomic E-state index is 11.0. The smallest absolute Gasteiger partial charge is 0.407 e. The van der Waals surface area contributed by atoms with Crippen LogP contribution in [0.15, 0.2) is 0 Å². The lowest BCUT2D eigenvalue weighted by Gasteiger charge is -2.31. The molecule has 1 saturated carbocycles. The third-order valence-electron chi connectivity index (χ3n) is 3.56. The van der Waals surface area contributed by atoms with E-state index in [-0.39, 0.29) is 0 Å². The Morgan fingerprint density at radius 1 is 1.11 bits per heavy atom. The summed E-state index contributed by atoms with van der Waals surface area (Å²) < 4.78 is 7.14. The van der Waals surface area contributed by atoms with Gasteiger partial charge in [-0.2, -0.15) is 0 Å². The third kappa shape index (κ3) is 5.38. The maximum Gasteiger partial charge on any atom is 0.407 e. The standard InChI is InChI=1S/C12H20O4.Al.H2O.2H/c1-2-3-4-8-5-6-9(11(13)14)10(7-8)12(15)16;;;;/h8-10H,2-7H2,1H3,(H,13,14)(H,15,16);;1H2;;/q;+1;;;/p-1. The van der Waals surface area contributed by atoms with Crippen LogP contribution in [0.5, 0.6) is 0 Å². The molecule has 0 heterocycles. The van der Waals surface area contributed by atoms with E-state index in [2.05, 4.69) is 6.92 Å². The van der Waals surface area contributed by atoms with Crippen LogP contribution in [0.2, 0.25) is 0 Å². The Hall–Kier alpha value is -0.568. The van der Waals surface area contributed by atoms with Gasteiger partial charge in [-0.25, -0.2) is 0 Å². The quantitative estimate of drug-likeness (QED) is 0.648. The van der Waals surface area contributed by atoms with E-state index < -0.39 is 23.8 Å². The predicted octanol–water partition coefficient (Wildman–Crippen LogP) is 0.905. The van der Waals surface area contributed by atoms with E-state index in [1.54, 1.807) is 0 Å². The van der Waals surface area contributed by atoms with Crippen molar-refractivity contribution in [3.8, 4) is 0 Å². The fourth-order valence-corrected chi connectivity index (χ4v) is 2.58. The van der Waals surface area contributed by atoms with Crippen molar-refractivity contribution in [3.63, 3.8) is 0 Å². The highest BCUT2D eigenvalue weighted by Crippen LogP contribution is 2.36. The molecule has 0 saturated heterocycles. The zero-order valence-electron chi connectivity index (χ0n) is 11.1. The lowest BCUT2D eigenvalue weighted by molar-refractivity contribution is -0.156. The van der Waals surface area contributed by atoms with Crippen LogP contribution in [-0.4, -0.2) is 42.9 Å². The van der Waals surface area contributed by atoms with Crippen molar-refractivity contribution >= 4 is 28.6 Å². The summed E-state index contributed by atoms with van der Waals surface area (Å²) in [6.45, 7) is 2.11. The predicted molar refractivity (Wildman–Crippen MR) is 69.9 cm³/mol. The second kappa shape index (κ2) is 9.37. The Kier molecular flexibility index (Phi) is 9.08. The van der Waals surface area contributed by atoms with Gasteiger partial charge < -0.3 is 14.4 Å². The van der Waals surface area contributed by atoms with Gasteiger partial charge >= 0.3 is 28.6 Å². The molecular weight excluding hydrogens is 251 g/mol. The van der Waals surface area contributed by atoms with E-state index in [9.17, 15) is 9.59 Å². The normalized spacial score (nSPS) is 26.9. The van der Waals surface area contributed by atoms with Crippen LogP contribution < -0.4 is 0 Å². The molecule has 1 aliphatic rings. The van der Waals surface area contributed by atoms with Gasteiger partial charge in [0, 0.05) is 0 Å². The molecule has 0 spiro atoms. The van der Waals surface area contributed by atoms with Gasteiger partial charge in [0.2, 0.25) is 0 Å². The molecule has 5 nitrogen and oxygen atoms in total. The third-order valence-corrected chi connectivity index (χ3v) is 3.56. The molecule has 0 aromatic rings. The van der Waals surface area contributed by atoms with Gasteiger partial charge in [-0.1, -0.05) is 26.2 Å². The first-order valence-electron chi connectivity index (χ1n) is 6.46. The van der Waals surface area contributed by atoms with Gasteiger partial charge in [-0.3, -0.25) is 9.59 Å². The second-order valence-corrected chi connectivity index (χ2v) is 4.71. The van der Waals surface area contributed by atoms with Crippen LogP contribution >= 0.6 is 0 Å². The minimum absolute atomic E-state index is 0.306. The molecule has 1 aliphatic carbocycles. The fraction of sp³-hybridized carbons (Fsp3) is 0.833. The molecule has 1 rings (SSSR count). The van der Waals surface area contributed by atoms with Crippen molar-refractivity contribution in [1.29, 1.82) is 0 Å². The van der Waals surface area contributed by atoms with Gasteiger partial charge in [0.05, 0.1) is 11.8 Å². The Bertz CT molecular complexity index is 269. The van der Waals surface area contributed by atoms with Crippen molar-refractivity contribution in [2.45, 2.75) is 45.4 Å². The fourth-order valence-electron chi connectivity index (χ4n) is 2.58. The number of aliphatic carboxylic acids is 2. The Morgan fingerprint density at radius 3 is 2.11 bits per heavy atom. The molecule has 3 N–H and O–H groups in total. The highest BCUT2D eigenvalue weighted by Gasteiger charge is 2.38. The summed E-state index contributed by atoms with van der Waals surface area (Å²) >= 11 is 0.306. The number of unbranched alkanes of at least 4 members (excludes halogenated alkanes) is 1. The van der Waals surface area contributed by atoms with Crippen LogP contribution in [0, 0.1) is 17.8 Å². The zero-order valence-corrected chi connectivity index (χ0v) is 13.1. The van der Waals surface area contributed by atoms with Crippen molar-refractivity contribution in [3.05, 3.63) is 0 Å². The average molecular weight is 274 g/mol. The van der Waals surface area contributed by atoms with Crippen LogP contribution in [0.1, 0.15) is 45.4 Å². The van der Waals surface area contributed by atoms with E-state index >= 15 is 0 Å². The number of hydrogen-bond donors (Lipinski definition) is 3. The lowest BCUT2D eigenvalue weighted by atomic mass is 9.72. The molecule has 104 valence electrons. The van der Waals surface area contributed by atoms with Gasteiger partial charge in [-0.15, -0.1) is 0 Å². The first-order valence-corrected chi connectivity index (χ1v) is 7.36. The number of rotatable bonds is 5. The van der Waals surface area contributed by atoms with E-state index in [1.807, 2.05) is 0 Å². The molecule has 18 heavy (non-hydrogen) atoms. The summed E-state index contributed by atoms with van der Waals surface area (Å²) in [5.74, 6) is -2.88. The number of hydrogen-bond acceptors (Lipinski definition) is 3. The Labute approximate surface area is 116 Å². The summed E-state index contributed by atoms with van der Waals surface area (Å²) in [4.78, 5) is 22.0. The maximum absolute atomic E-state index is 11.0. The van der Waals surface area contributed by atoms with Gasteiger partial charge in [-0.05, 0) is 25.2 Å². The first kappa shape index (κ1) is 17.4. The minimum atomic E-state index is -0.957. The van der Waals surface area contributed by atoms with Crippen LogP contribution in [0.25, 0.3) is 0 Å². The van der Waals surface area contributed by atoms with Crippen LogP contribution in [0.3, 0.4) is 0 Å². The number of carbonyl (C=O) groups is 2. The summed E-state index contributed by atoms with van der Waals surface area (Å²) in [5.41, 5.74) is 0. The molecule has 6 heteroatoms. The van der Waals surface area contributed by atoms with Crippen molar-refractivity contribution in [1.82, 2.24) is 0 Å². The highest BCUT2D eigenvalue weighted by atomic mass is 27.1. The Morgan fingerprint density at radius 2 is 1.67 bits per heavy atom. The van der Waals surface area contributed by atoms with Crippen LogP contribution in [0.4, 0.5) is 0 Å². The number of carboxylic acid groups (broad SMARTS) is 2. The van der Waals surface area contributed by atoms with Gasteiger partial charge in [0.25, 0.3) is 0 Å². The van der Waals surface area contributed by atoms with E-state index in [0.29, 0.717) is 35.4 Å². The summed E-state index contributed by atoms with van der Waals surface area (Å²) in [5, 5.41) is 18.0. The highest BCUT2D eigenvalue weighted by molar-refractivity contribution is 5.95. The molecule has 1 fully saturated rings. The van der Waals surface area contributed by atoms with E-state index in [4.69, 9.17) is 14.4 Å². The van der Waals surface area contributed by atoms with E-state index in [1.165, 1.54) is 0 Å². The molecule has 3 atom stereocenters. The molecule has 0 aliphatic heterocycles.